The molecule has 1 aliphatic carbocycles. The van der Waals surface area contributed by atoms with E-state index < -0.39 is 0 Å². The van der Waals surface area contributed by atoms with Gasteiger partial charge in [-0.3, -0.25) is 14.5 Å². The predicted octanol–water partition coefficient (Wildman–Crippen LogP) is 3.91. The normalized spacial score (nSPS) is 21.6. The largest absolute Gasteiger partial charge is 0.482 e. The van der Waals surface area contributed by atoms with Crippen molar-refractivity contribution in [2.45, 2.75) is 37.6 Å². The van der Waals surface area contributed by atoms with Gasteiger partial charge in [-0.25, -0.2) is 0 Å². The fourth-order valence-electron chi connectivity index (χ4n) is 4.06. The van der Waals surface area contributed by atoms with E-state index in [0.717, 1.165) is 25.7 Å². The van der Waals surface area contributed by atoms with E-state index in [4.69, 9.17) is 16.3 Å². The molecule has 2 aromatic carbocycles. The quantitative estimate of drug-likeness (QED) is 0.849. The maximum Gasteiger partial charge on any atom is 0.265 e. The summed E-state index contributed by atoms with van der Waals surface area (Å²) in [6.45, 7) is -0.0851. The number of benzene rings is 2. The Bertz CT molecular complexity index is 863. The van der Waals surface area contributed by atoms with E-state index in [0.29, 0.717) is 22.4 Å². The Balaban J connectivity index is 1.34. The molecule has 0 aromatic heterocycles. The Kier molecular flexibility index (Phi) is 5.53. The number of carbonyl (C=O) groups is 2. The van der Waals surface area contributed by atoms with Crippen molar-refractivity contribution in [1.29, 1.82) is 0 Å². The van der Waals surface area contributed by atoms with Gasteiger partial charge in [-0.05, 0) is 55.4 Å². The van der Waals surface area contributed by atoms with Crippen molar-refractivity contribution >= 4 is 29.1 Å². The third-order valence-corrected chi connectivity index (χ3v) is 5.76. The van der Waals surface area contributed by atoms with Gasteiger partial charge in [-0.2, -0.15) is 0 Å². The van der Waals surface area contributed by atoms with E-state index >= 15 is 0 Å². The van der Waals surface area contributed by atoms with Crippen LogP contribution in [0.2, 0.25) is 5.02 Å². The molecular formula is C22H23ClN2O3. The van der Waals surface area contributed by atoms with Crippen molar-refractivity contribution in [3.8, 4) is 5.75 Å². The highest BCUT2D eigenvalue weighted by Crippen LogP contribution is 2.35. The second-order valence-corrected chi connectivity index (χ2v) is 7.84. The molecule has 0 atom stereocenters. The van der Waals surface area contributed by atoms with Gasteiger partial charge in [0.25, 0.3) is 5.91 Å². The molecule has 2 aromatic rings. The SMILES string of the molecule is O=C(CN1C(=O)COc2ccc(Cl)cc21)NC1CCC(c2ccccc2)CC1. The van der Waals surface area contributed by atoms with E-state index in [1.807, 2.05) is 6.07 Å². The van der Waals surface area contributed by atoms with Crippen LogP contribution < -0.4 is 15.0 Å². The fraction of sp³-hybridized carbons (Fsp3) is 0.364. The molecular weight excluding hydrogens is 376 g/mol. The highest BCUT2D eigenvalue weighted by Gasteiger charge is 2.29. The third-order valence-electron chi connectivity index (χ3n) is 5.53. The average Bonchev–Trinajstić information content (AvgIpc) is 2.71. The summed E-state index contributed by atoms with van der Waals surface area (Å²) in [7, 11) is 0. The van der Waals surface area contributed by atoms with Gasteiger partial charge in [0.1, 0.15) is 12.3 Å². The molecule has 28 heavy (non-hydrogen) atoms. The minimum atomic E-state index is -0.238. The first-order valence-corrected chi connectivity index (χ1v) is 10.0. The zero-order valence-electron chi connectivity index (χ0n) is 15.6. The molecule has 146 valence electrons. The van der Waals surface area contributed by atoms with Gasteiger partial charge in [0.05, 0.1) is 5.69 Å². The van der Waals surface area contributed by atoms with Gasteiger partial charge >= 0.3 is 0 Å². The summed E-state index contributed by atoms with van der Waals surface area (Å²) in [5.74, 6) is 0.742. The van der Waals surface area contributed by atoms with Gasteiger partial charge in [-0.1, -0.05) is 41.9 Å². The molecule has 2 aliphatic rings. The second-order valence-electron chi connectivity index (χ2n) is 7.41. The monoisotopic (exact) mass is 398 g/mol. The number of rotatable bonds is 4. The number of halogens is 1. The lowest BCUT2D eigenvalue weighted by atomic mass is 9.82. The van der Waals surface area contributed by atoms with Crippen LogP contribution in [-0.4, -0.2) is 31.0 Å². The number of fused-ring (bicyclic) bond motifs is 1. The lowest BCUT2D eigenvalue weighted by Gasteiger charge is -2.32. The molecule has 1 heterocycles. The Labute approximate surface area is 169 Å². The van der Waals surface area contributed by atoms with Crippen LogP contribution in [0, 0.1) is 0 Å². The topological polar surface area (TPSA) is 58.6 Å². The van der Waals surface area contributed by atoms with Crippen LogP contribution in [0.3, 0.4) is 0 Å². The Morgan fingerprint density at radius 3 is 2.61 bits per heavy atom. The summed E-state index contributed by atoms with van der Waals surface area (Å²) in [6.07, 6.45) is 4.02. The molecule has 1 N–H and O–H groups in total. The second kappa shape index (κ2) is 8.23. The van der Waals surface area contributed by atoms with Crippen LogP contribution in [0.25, 0.3) is 0 Å². The molecule has 2 amide bonds. The first kappa shape index (κ1) is 18.8. The first-order valence-electron chi connectivity index (χ1n) is 9.67. The number of amides is 2. The number of ether oxygens (including phenoxy) is 1. The molecule has 5 nitrogen and oxygen atoms in total. The van der Waals surface area contributed by atoms with Gasteiger partial charge in [0, 0.05) is 11.1 Å². The van der Waals surface area contributed by atoms with Crippen LogP contribution in [0.4, 0.5) is 5.69 Å². The lowest BCUT2D eigenvalue weighted by molar-refractivity contribution is -0.125. The van der Waals surface area contributed by atoms with Crippen molar-refractivity contribution in [1.82, 2.24) is 5.32 Å². The molecule has 0 unspecified atom stereocenters. The zero-order valence-corrected chi connectivity index (χ0v) is 16.3. The number of nitrogens with one attached hydrogen (secondary N) is 1. The van der Waals surface area contributed by atoms with Crippen molar-refractivity contribution in [3.05, 3.63) is 59.1 Å². The van der Waals surface area contributed by atoms with Crippen LogP contribution in [-0.2, 0) is 9.59 Å². The maximum absolute atomic E-state index is 12.6. The number of anilines is 1. The number of nitrogens with zero attached hydrogens (tertiary/aromatic N) is 1. The summed E-state index contributed by atoms with van der Waals surface area (Å²) in [6, 6.07) is 15.8. The molecule has 1 saturated carbocycles. The van der Waals surface area contributed by atoms with E-state index in [-0.39, 0.29) is 31.0 Å². The number of hydrogen-bond donors (Lipinski definition) is 1. The molecule has 0 bridgehead atoms. The van der Waals surface area contributed by atoms with E-state index in [2.05, 4.69) is 29.6 Å². The summed E-state index contributed by atoms with van der Waals surface area (Å²) in [5.41, 5.74) is 1.92. The van der Waals surface area contributed by atoms with E-state index in [9.17, 15) is 9.59 Å². The molecule has 0 spiro atoms. The predicted molar refractivity (Wildman–Crippen MR) is 109 cm³/mol. The Morgan fingerprint density at radius 2 is 1.86 bits per heavy atom. The van der Waals surface area contributed by atoms with Crippen molar-refractivity contribution < 1.29 is 14.3 Å². The molecule has 1 fully saturated rings. The third kappa shape index (κ3) is 4.14. The van der Waals surface area contributed by atoms with Gasteiger partial charge in [-0.15, -0.1) is 0 Å². The minimum Gasteiger partial charge on any atom is -0.482 e. The van der Waals surface area contributed by atoms with Crippen LogP contribution >= 0.6 is 11.6 Å². The standard InChI is InChI=1S/C22H23ClN2O3/c23-17-8-11-20-19(12-17)25(22(27)14-28-20)13-21(26)24-18-9-6-16(7-10-18)15-4-2-1-3-5-15/h1-5,8,11-12,16,18H,6-7,9-10,13-14H2,(H,24,26). The first-order chi connectivity index (χ1) is 13.6. The van der Waals surface area contributed by atoms with Gasteiger partial charge < -0.3 is 10.1 Å². The number of hydrogen-bond acceptors (Lipinski definition) is 3. The Morgan fingerprint density at radius 1 is 1.11 bits per heavy atom. The van der Waals surface area contributed by atoms with Crippen molar-refractivity contribution in [2.75, 3.05) is 18.1 Å². The number of carbonyl (C=O) groups excluding carboxylic acids is 2. The van der Waals surface area contributed by atoms with E-state index in [1.54, 1.807) is 18.2 Å². The molecule has 4 rings (SSSR count). The molecule has 0 saturated heterocycles. The molecule has 0 radical (unpaired) electrons. The summed E-state index contributed by atoms with van der Waals surface area (Å²) < 4.78 is 5.42. The fourth-order valence-corrected chi connectivity index (χ4v) is 4.23. The summed E-state index contributed by atoms with van der Waals surface area (Å²) >= 11 is 6.05. The zero-order chi connectivity index (χ0) is 19.5. The van der Waals surface area contributed by atoms with Gasteiger partial charge in [0.15, 0.2) is 6.61 Å². The summed E-state index contributed by atoms with van der Waals surface area (Å²) in [5, 5.41) is 3.60. The van der Waals surface area contributed by atoms with Crippen molar-refractivity contribution in [2.24, 2.45) is 0 Å². The highest BCUT2D eigenvalue weighted by atomic mass is 35.5. The van der Waals surface area contributed by atoms with Crippen LogP contribution in [0.5, 0.6) is 5.75 Å². The smallest absolute Gasteiger partial charge is 0.265 e. The summed E-state index contributed by atoms with van der Waals surface area (Å²) in [4.78, 5) is 26.3. The Hall–Kier alpha value is -2.53. The van der Waals surface area contributed by atoms with Crippen LogP contribution in [0.1, 0.15) is 37.2 Å². The minimum absolute atomic E-state index is 0.0197. The molecule has 6 heteroatoms. The van der Waals surface area contributed by atoms with Crippen LogP contribution in [0.15, 0.2) is 48.5 Å². The average molecular weight is 399 g/mol. The highest BCUT2D eigenvalue weighted by molar-refractivity contribution is 6.31. The van der Waals surface area contributed by atoms with E-state index in [1.165, 1.54) is 10.5 Å². The maximum atomic E-state index is 12.6. The van der Waals surface area contributed by atoms with Crippen molar-refractivity contribution in [3.63, 3.8) is 0 Å². The van der Waals surface area contributed by atoms with Gasteiger partial charge in [0.2, 0.25) is 5.91 Å². The lowest BCUT2D eigenvalue weighted by Crippen LogP contribution is -2.47. The molecule has 1 aliphatic heterocycles.